The van der Waals surface area contributed by atoms with E-state index in [1.165, 1.54) is 13.0 Å². The monoisotopic (exact) mass is 1550 g/mol. The topological polar surface area (TPSA) is 381 Å². The maximum atomic E-state index is 13.7. The van der Waals surface area contributed by atoms with Crippen molar-refractivity contribution in [2.75, 3.05) is 102 Å². The standard InChI is InChI=1S/C72H112IN9O20/c1-47(2)67(82-64(85)25-28-92-30-32-94-34-36-96-38-39-97-37-35-95-33-31-93-29-27-75-66(87)44-73)69(89)81-60(10-9-26-76-70(74)90)68(88)79-57-20-16-55(17-21-57)46-98-71(91)77-45-54-14-18-56(19-15-54)78-65(86)41-59-43-72(52(7)102-72)42-58(101-59)22-11-48(3)12-23-62-49(4)40-61(51(6)100-62)80-63(84)24-13-50(5)99-53(8)83/h11-13,16-17,20-22,24,45,47,49-52,54,56,58-62,67H,9-10,14-15,18-19,23,25-44,46H2,1-8H3,(H,75,87)(H,78,86)(H,79,88)(H,80,84)(H,81,89)(H,82,85)(H3,74,76,90)/b22-11+,24-13-,48-12+,77-45+/t49-,50-,51+,52+,54?,56?,58+,59+,60-,61+,62-,67-,72+/m0/s1. The van der Waals surface area contributed by atoms with Crippen LogP contribution in [0, 0.1) is 17.8 Å². The van der Waals surface area contributed by atoms with E-state index in [0.717, 1.165) is 37.7 Å². The molecule has 4 aliphatic rings. The van der Waals surface area contributed by atoms with Crippen molar-refractivity contribution in [1.29, 1.82) is 0 Å². The van der Waals surface area contributed by atoms with Crippen molar-refractivity contribution in [2.24, 2.45) is 28.5 Å². The zero-order chi connectivity index (χ0) is 74.2. The Morgan fingerprint density at radius 1 is 0.725 bits per heavy atom. The number of carbonyl (C=O) groups is 9. The molecule has 0 radical (unpaired) electrons. The number of esters is 1. The summed E-state index contributed by atoms with van der Waals surface area (Å²) in [5.74, 6) is -2.44. The molecule has 3 saturated heterocycles. The molecule has 3 aliphatic heterocycles. The summed E-state index contributed by atoms with van der Waals surface area (Å²) >= 11 is 2.00. The Bertz CT molecular complexity index is 2900. The second-order valence-electron chi connectivity index (χ2n) is 26.5. The molecule has 0 unspecified atom stereocenters. The number of aliphatic imine (C=N–C) groups is 1. The minimum Gasteiger partial charge on any atom is -0.459 e. The first kappa shape index (κ1) is 86.2. The summed E-state index contributed by atoms with van der Waals surface area (Å²) < 4.78 is 62.9. The van der Waals surface area contributed by atoms with Crippen LogP contribution in [0.15, 0.2) is 65.2 Å². The second kappa shape index (κ2) is 47.8. The number of epoxide rings is 1. The van der Waals surface area contributed by atoms with E-state index in [2.05, 4.69) is 74.3 Å². The molecule has 9 amide bonds. The van der Waals surface area contributed by atoms with Crippen LogP contribution in [0.5, 0.6) is 0 Å². The highest BCUT2D eigenvalue weighted by atomic mass is 127. The fourth-order valence-electron chi connectivity index (χ4n) is 11.9. The third-order valence-corrected chi connectivity index (χ3v) is 18.4. The first-order valence-electron chi connectivity index (χ1n) is 35.7. The molecule has 11 atom stereocenters. The van der Waals surface area contributed by atoms with Gasteiger partial charge in [-0.25, -0.2) is 9.59 Å². The number of amides is 9. The second-order valence-corrected chi connectivity index (χ2v) is 27.3. The summed E-state index contributed by atoms with van der Waals surface area (Å²) in [6.07, 6.45) is 15.2. The van der Waals surface area contributed by atoms with Crippen molar-refractivity contribution in [2.45, 2.75) is 205 Å². The lowest BCUT2D eigenvalue weighted by molar-refractivity contribution is -0.143. The van der Waals surface area contributed by atoms with E-state index in [9.17, 15) is 43.2 Å². The van der Waals surface area contributed by atoms with Gasteiger partial charge in [0.05, 0.1) is 132 Å². The number of halogens is 1. The van der Waals surface area contributed by atoms with Crippen LogP contribution in [0.1, 0.15) is 138 Å². The predicted molar refractivity (Wildman–Crippen MR) is 388 cm³/mol. The lowest BCUT2D eigenvalue weighted by atomic mass is 9.86. The number of rotatable bonds is 46. The van der Waals surface area contributed by atoms with Crippen LogP contribution in [-0.4, -0.2) is 223 Å². The number of alkyl halides is 1. The molecule has 1 aromatic rings. The van der Waals surface area contributed by atoms with E-state index >= 15 is 0 Å². The van der Waals surface area contributed by atoms with Crippen LogP contribution in [0.4, 0.5) is 15.3 Å². The lowest BCUT2D eigenvalue weighted by Crippen LogP contribution is -2.54. The highest BCUT2D eigenvalue weighted by molar-refractivity contribution is 14.1. The zero-order valence-electron chi connectivity index (χ0n) is 60.6. The first-order valence-corrected chi connectivity index (χ1v) is 37.2. The highest BCUT2D eigenvalue weighted by Crippen LogP contribution is 2.49. The molecular weight excluding hydrogens is 1440 g/mol. The number of benzene rings is 1. The van der Waals surface area contributed by atoms with Gasteiger partial charge in [-0.15, -0.1) is 0 Å². The summed E-state index contributed by atoms with van der Waals surface area (Å²) in [7, 11) is 0. The van der Waals surface area contributed by atoms with Crippen LogP contribution >= 0.6 is 22.6 Å². The maximum absolute atomic E-state index is 13.7. The Balaban J connectivity index is 0.942. The van der Waals surface area contributed by atoms with Gasteiger partial charge in [0.25, 0.3) is 0 Å². The van der Waals surface area contributed by atoms with Gasteiger partial charge in [-0.05, 0) is 121 Å². The van der Waals surface area contributed by atoms with Crippen LogP contribution < -0.4 is 43.0 Å². The number of urea groups is 1. The molecule has 30 heteroatoms. The summed E-state index contributed by atoms with van der Waals surface area (Å²) in [4.78, 5) is 117. The van der Waals surface area contributed by atoms with Crippen LogP contribution in [-0.2, 0) is 92.3 Å². The normalized spacial score (nSPS) is 23.7. The highest BCUT2D eigenvalue weighted by Gasteiger charge is 2.58. The van der Waals surface area contributed by atoms with Crippen LogP contribution in [0.3, 0.4) is 0 Å². The van der Waals surface area contributed by atoms with Gasteiger partial charge >= 0.3 is 18.1 Å². The number of ether oxygens (including phenoxy) is 11. The van der Waals surface area contributed by atoms with Crippen molar-refractivity contribution < 1.29 is 95.3 Å². The minimum atomic E-state index is -1.06. The molecule has 5 rings (SSSR count). The zero-order valence-corrected chi connectivity index (χ0v) is 62.8. The first-order chi connectivity index (χ1) is 48.9. The molecule has 3 heterocycles. The molecular formula is C72H112IN9O20. The molecule has 0 bridgehead atoms. The van der Waals surface area contributed by atoms with Gasteiger partial charge in [-0.1, -0.05) is 79.3 Å². The van der Waals surface area contributed by atoms with E-state index in [4.69, 9.17) is 57.8 Å². The van der Waals surface area contributed by atoms with Gasteiger partial charge < -0.3 is 95.1 Å². The average molecular weight is 1550 g/mol. The quantitative estimate of drug-likeness (QED) is 0.00549. The molecule has 1 saturated carbocycles. The van der Waals surface area contributed by atoms with E-state index in [0.29, 0.717) is 107 Å². The van der Waals surface area contributed by atoms with Crippen molar-refractivity contribution in [3.63, 3.8) is 0 Å². The number of nitrogens with two attached hydrogens (primary N) is 1. The van der Waals surface area contributed by atoms with Gasteiger partial charge in [-0.3, -0.25) is 33.6 Å². The minimum absolute atomic E-state index is 0.0203. The maximum Gasteiger partial charge on any atom is 0.433 e. The summed E-state index contributed by atoms with van der Waals surface area (Å²) in [5.41, 5.74) is 7.02. The van der Waals surface area contributed by atoms with Gasteiger partial charge in [0.15, 0.2) is 0 Å². The molecule has 9 N–H and O–H groups in total. The number of carbonyl (C=O) groups excluding carboxylic acids is 9. The number of anilines is 1. The smallest absolute Gasteiger partial charge is 0.433 e. The van der Waals surface area contributed by atoms with Gasteiger partial charge in [0.1, 0.15) is 24.8 Å². The number of nitrogens with zero attached hydrogens (tertiary/aromatic N) is 1. The molecule has 1 aliphatic carbocycles. The van der Waals surface area contributed by atoms with Crippen LogP contribution in [0.2, 0.25) is 0 Å². The average Bonchev–Trinajstić information content (AvgIpc) is 1.59. The third-order valence-electron chi connectivity index (χ3n) is 17.7. The van der Waals surface area contributed by atoms with Crippen molar-refractivity contribution in [1.82, 2.24) is 31.9 Å². The third kappa shape index (κ3) is 35.3. The van der Waals surface area contributed by atoms with Crippen molar-refractivity contribution >= 4 is 88.0 Å². The summed E-state index contributed by atoms with van der Waals surface area (Å²) in [5, 5.41) is 19.8. The Hall–Kier alpha value is -6.49. The Labute approximate surface area is 613 Å². The molecule has 572 valence electrons. The summed E-state index contributed by atoms with van der Waals surface area (Å²) in [6.45, 7) is 19.5. The molecule has 1 spiro atoms. The fourth-order valence-corrected chi connectivity index (χ4v) is 12.2. The molecule has 1 aromatic carbocycles. The number of hydrogen-bond acceptors (Lipinski definition) is 20. The number of hydrogen-bond donors (Lipinski definition) is 8. The van der Waals surface area contributed by atoms with Gasteiger partial charge in [-0.2, -0.15) is 4.99 Å². The Morgan fingerprint density at radius 2 is 1.35 bits per heavy atom. The van der Waals surface area contributed by atoms with Crippen LogP contribution in [0.25, 0.3) is 0 Å². The summed E-state index contributed by atoms with van der Waals surface area (Å²) in [6, 6.07) is 3.66. The molecule has 29 nitrogen and oxygen atoms in total. The lowest BCUT2D eigenvalue weighted by Gasteiger charge is -2.39. The number of primary amides is 1. The molecule has 4 fully saturated rings. The van der Waals surface area contributed by atoms with Crippen molar-refractivity contribution in [3.05, 3.63) is 65.8 Å². The number of nitrogens with one attached hydrogen (secondary N) is 7. The number of allylic oxidation sites excluding steroid dienone is 2. The largest absolute Gasteiger partial charge is 0.459 e. The van der Waals surface area contributed by atoms with Gasteiger partial charge in [0.2, 0.25) is 35.4 Å². The Morgan fingerprint density at radius 3 is 1.95 bits per heavy atom. The van der Waals surface area contributed by atoms with E-state index in [1.807, 2.05) is 36.4 Å². The SMILES string of the molecule is CC(=O)O[C@@H](C)/C=C\C(=O)N[C@@H]1C[C@H](C)[C@H](C/C=C(C)/C=C/[C@@H]2C[C@]3(C[C@@H](CC(=O)NC4CCC(/C=N/C(=O)OCc5ccc(NC(=O)[C@H](CCCNC(N)=O)NC(=O)[C@@H](NC(=O)CCOCCOCCOCCOCCOCCOCCNC(=O)CI)C(C)C)cc5)CC4)O2)O[C@@H]3C)O[C@@H]1C. The van der Waals surface area contributed by atoms with Crippen molar-refractivity contribution in [3.8, 4) is 0 Å². The Kier molecular flexibility index (Phi) is 40.4. The molecule has 0 aromatic heterocycles. The predicted octanol–water partition coefficient (Wildman–Crippen LogP) is 5.92. The fraction of sp³-hybridized carbons (Fsp3) is 0.694. The van der Waals surface area contributed by atoms with E-state index < -0.39 is 54.0 Å². The van der Waals surface area contributed by atoms with Gasteiger partial charge in [0, 0.05) is 63.3 Å². The van der Waals surface area contributed by atoms with E-state index in [1.54, 1.807) is 57.3 Å². The van der Waals surface area contributed by atoms with E-state index in [-0.39, 0.29) is 136 Å². The molecule has 102 heavy (non-hydrogen) atoms.